The second kappa shape index (κ2) is 9.00. The number of hydrogen-bond donors (Lipinski definition) is 0. The second-order valence-electron chi connectivity index (χ2n) is 6.68. The van der Waals surface area contributed by atoms with Crippen molar-refractivity contribution in [3.63, 3.8) is 0 Å². The molecule has 156 valence electrons. The lowest BCUT2D eigenvalue weighted by Gasteiger charge is -2.37. The standard InChI is InChI=1S/C18H26ClN3O5S/c1-5-27-18(24)21-10-8-20(9-11-21)17(23)14(3)22(28(4,25)26)15-7-6-13(2)16(19)12-15/h6-7,12,14H,5,8-11H2,1-4H3/t14-/m0/s1. The van der Waals surface area contributed by atoms with Crippen molar-refractivity contribution in [2.75, 3.05) is 43.3 Å². The molecule has 1 atom stereocenters. The van der Waals surface area contributed by atoms with Gasteiger partial charge in [-0.1, -0.05) is 17.7 Å². The molecule has 0 saturated carbocycles. The molecule has 0 radical (unpaired) electrons. The van der Waals surface area contributed by atoms with Crippen LogP contribution in [0.5, 0.6) is 0 Å². The molecular formula is C18H26ClN3O5S. The van der Waals surface area contributed by atoms with Crippen LogP contribution in [0.3, 0.4) is 0 Å². The summed E-state index contributed by atoms with van der Waals surface area (Å²) in [6.45, 7) is 6.69. The van der Waals surface area contributed by atoms with Crippen LogP contribution in [0.1, 0.15) is 19.4 Å². The fourth-order valence-corrected chi connectivity index (χ4v) is 4.45. The molecule has 0 aliphatic carbocycles. The summed E-state index contributed by atoms with van der Waals surface area (Å²) < 4.78 is 30.9. The molecule has 2 amide bonds. The zero-order valence-electron chi connectivity index (χ0n) is 16.5. The minimum atomic E-state index is -3.72. The Hall–Kier alpha value is -2.00. The number of aryl methyl sites for hydroxylation is 1. The molecule has 2 rings (SSSR count). The minimum Gasteiger partial charge on any atom is -0.450 e. The van der Waals surface area contributed by atoms with E-state index in [1.54, 1.807) is 36.9 Å². The smallest absolute Gasteiger partial charge is 0.409 e. The third kappa shape index (κ3) is 5.08. The van der Waals surface area contributed by atoms with Crippen molar-refractivity contribution >= 4 is 39.3 Å². The maximum atomic E-state index is 13.0. The van der Waals surface area contributed by atoms with Crippen molar-refractivity contribution in [1.82, 2.24) is 9.80 Å². The minimum absolute atomic E-state index is 0.289. The third-order valence-electron chi connectivity index (χ3n) is 4.59. The first-order valence-corrected chi connectivity index (χ1v) is 11.2. The molecule has 8 nitrogen and oxygen atoms in total. The van der Waals surface area contributed by atoms with Gasteiger partial charge in [0.25, 0.3) is 0 Å². The largest absolute Gasteiger partial charge is 0.450 e. The van der Waals surface area contributed by atoms with Crippen molar-refractivity contribution in [1.29, 1.82) is 0 Å². The highest BCUT2D eigenvalue weighted by Crippen LogP contribution is 2.27. The third-order valence-corrected chi connectivity index (χ3v) is 6.24. The Bertz CT molecular complexity index is 838. The van der Waals surface area contributed by atoms with Gasteiger partial charge >= 0.3 is 6.09 Å². The fourth-order valence-electron chi connectivity index (χ4n) is 3.11. The number of nitrogens with zero attached hydrogens (tertiary/aromatic N) is 3. The number of halogens is 1. The lowest BCUT2D eigenvalue weighted by atomic mass is 10.2. The fraction of sp³-hybridized carbons (Fsp3) is 0.556. The van der Waals surface area contributed by atoms with E-state index in [4.69, 9.17) is 16.3 Å². The number of piperazine rings is 1. The number of carbonyl (C=O) groups excluding carboxylic acids is 2. The number of amides is 2. The van der Waals surface area contributed by atoms with Crippen LogP contribution in [0.2, 0.25) is 5.02 Å². The number of rotatable bonds is 5. The summed E-state index contributed by atoms with van der Waals surface area (Å²) in [5.41, 5.74) is 1.15. The summed E-state index contributed by atoms with van der Waals surface area (Å²) in [6, 6.07) is 3.94. The van der Waals surface area contributed by atoms with Crippen molar-refractivity contribution in [2.45, 2.75) is 26.8 Å². The van der Waals surface area contributed by atoms with Crippen LogP contribution in [0.4, 0.5) is 10.5 Å². The zero-order chi connectivity index (χ0) is 21.1. The molecule has 1 saturated heterocycles. The molecule has 0 bridgehead atoms. The average molecular weight is 432 g/mol. The maximum Gasteiger partial charge on any atom is 0.409 e. The van der Waals surface area contributed by atoms with Gasteiger partial charge in [-0.2, -0.15) is 0 Å². The summed E-state index contributed by atoms with van der Waals surface area (Å²) in [7, 11) is -3.72. The van der Waals surface area contributed by atoms with Crippen molar-refractivity contribution in [2.24, 2.45) is 0 Å². The van der Waals surface area contributed by atoms with Crippen LogP contribution in [0.15, 0.2) is 18.2 Å². The highest BCUT2D eigenvalue weighted by molar-refractivity contribution is 7.92. The summed E-state index contributed by atoms with van der Waals surface area (Å²) >= 11 is 6.15. The van der Waals surface area contributed by atoms with Crippen LogP contribution < -0.4 is 4.31 Å². The van der Waals surface area contributed by atoms with Gasteiger partial charge in [-0.05, 0) is 38.5 Å². The second-order valence-corrected chi connectivity index (χ2v) is 8.95. The Kier molecular flexibility index (Phi) is 7.16. The molecule has 1 aliphatic rings. The van der Waals surface area contributed by atoms with Crippen molar-refractivity contribution in [3.8, 4) is 0 Å². The number of sulfonamides is 1. The first-order valence-electron chi connectivity index (χ1n) is 9.02. The van der Waals surface area contributed by atoms with Crippen LogP contribution in [0, 0.1) is 6.92 Å². The molecule has 0 spiro atoms. The lowest BCUT2D eigenvalue weighted by molar-refractivity contribution is -0.133. The van der Waals surface area contributed by atoms with E-state index < -0.39 is 22.2 Å². The molecular weight excluding hydrogens is 406 g/mol. The molecule has 28 heavy (non-hydrogen) atoms. The number of hydrogen-bond acceptors (Lipinski definition) is 5. The van der Waals surface area contributed by atoms with Gasteiger partial charge < -0.3 is 14.5 Å². The molecule has 1 aromatic rings. The Morgan fingerprint density at radius 2 is 1.79 bits per heavy atom. The molecule has 1 aliphatic heterocycles. The molecule has 0 unspecified atom stereocenters. The highest BCUT2D eigenvalue weighted by Gasteiger charge is 2.34. The van der Waals surface area contributed by atoms with Crippen molar-refractivity contribution in [3.05, 3.63) is 28.8 Å². The molecule has 1 fully saturated rings. The monoisotopic (exact) mass is 431 g/mol. The molecule has 10 heteroatoms. The molecule has 0 aromatic heterocycles. The summed E-state index contributed by atoms with van der Waals surface area (Å²) in [4.78, 5) is 27.9. The highest BCUT2D eigenvalue weighted by atomic mass is 35.5. The summed E-state index contributed by atoms with van der Waals surface area (Å²) in [5, 5.41) is 0.425. The summed E-state index contributed by atoms with van der Waals surface area (Å²) in [6.07, 6.45) is 0.651. The summed E-state index contributed by atoms with van der Waals surface area (Å²) in [5.74, 6) is -0.328. The number of carbonyl (C=O) groups is 2. The van der Waals surface area contributed by atoms with E-state index >= 15 is 0 Å². The maximum absolute atomic E-state index is 13.0. The van der Waals surface area contributed by atoms with E-state index in [2.05, 4.69) is 0 Å². The average Bonchev–Trinajstić information content (AvgIpc) is 2.63. The number of ether oxygens (including phenoxy) is 1. The topological polar surface area (TPSA) is 87.2 Å². The Morgan fingerprint density at radius 3 is 2.29 bits per heavy atom. The Labute approximate surface area is 171 Å². The van der Waals surface area contributed by atoms with Gasteiger partial charge in [-0.25, -0.2) is 13.2 Å². The van der Waals surface area contributed by atoms with Gasteiger partial charge in [-0.15, -0.1) is 0 Å². The number of benzene rings is 1. The van der Waals surface area contributed by atoms with Crippen LogP contribution in [-0.4, -0.2) is 75.3 Å². The Balaban J connectivity index is 2.17. The van der Waals surface area contributed by atoms with E-state index in [-0.39, 0.29) is 12.5 Å². The first-order chi connectivity index (χ1) is 13.1. The van der Waals surface area contributed by atoms with Gasteiger partial charge in [0.15, 0.2) is 0 Å². The SMILES string of the molecule is CCOC(=O)N1CCN(C(=O)[C@H](C)N(c2ccc(C)c(Cl)c2)S(C)(=O)=O)CC1. The van der Waals surface area contributed by atoms with E-state index in [0.717, 1.165) is 16.1 Å². The van der Waals surface area contributed by atoms with Gasteiger partial charge in [0.1, 0.15) is 6.04 Å². The molecule has 1 aromatic carbocycles. The predicted octanol–water partition coefficient (Wildman–Crippen LogP) is 2.10. The van der Waals surface area contributed by atoms with E-state index in [0.29, 0.717) is 36.9 Å². The van der Waals surface area contributed by atoms with E-state index in [9.17, 15) is 18.0 Å². The molecule has 1 heterocycles. The Morgan fingerprint density at radius 1 is 1.21 bits per heavy atom. The van der Waals surface area contributed by atoms with Crippen LogP contribution in [-0.2, 0) is 19.6 Å². The van der Waals surface area contributed by atoms with Gasteiger partial charge in [-0.3, -0.25) is 9.10 Å². The van der Waals surface area contributed by atoms with Crippen molar-refractivity contribution < 1.29 is 22.7 Å². The molecule has 0 N–H and O–H groups in total. The number of anilines is 1. The van der Waals surface area contributed by atoms with E-state index in [1.807, 2.05) is 6.92 Å². The normalized spacial score (nSPS) is 15.9. The van der Waals surface area contributed by atoms with Crippen LogP contribution >= 0.6 is 11.6 Å². The van der Waals surface area contributed by atoms with E-state index in [1.165, 1.54) is 4.90 Å². The van der Waals surface area contributed by atoms with Gasteiger partial charge in [0.2, 0.25) is 15.9 Å². The predicted molar refractivity (Wildman–Crippen MR) is 108 cm³/mol. The zero-order valence-corrected chi connectivity index (χ0v) is 18.1. The quantitative estimate of drug-likeness (QED) is 0.712. The first kappa shape index (κ1) is 22.3. The van der Waals surface area contributed by atoms with Gasteiger partial charge in [0.05, 0.1) is 18.6 Å². The van der Waals surface area contributed by atoms with Gasteiger partial charge in [0, 0.05) is 31.2 Å². The lowest BCUT2D eigenvalue weighted by Crippen LogP contribution is -2.56. The van der Waals surface area contributed by atoms with Crippen LogP contribution in [0.25, 0.3) is 0 Å².